The number of carboxylic acid groups (broad SMARTS) is 2. The average molecular weight is 382 g/mol. The van der Waals surface area contributed by atoms with Gasteiger partial charge in [0.2, 0.25) is 11.8 Å². The number of amides is 2. The highest BCUT2D eigenvalue weighted by Crippen LogP contribution is 2.23. The highest BCUT2D eigenvalue weighted by Gasteiger charge is 2.24. The van der Waals surface area contributed by atoms with Crippen molar-refractivity contribution in [1.82, 2.24) is 10.6 Å². The first-order chi connectivity index (χ1) is 11.1. The molecule has 138 valence electrons. The van der Waals surface area contributed by atoms with Gasteiger partial charge in [-0.05, 0) is 13.8 Å². The van der Waals surface area contributed by atoms with Crippen molar-refractivity contribution >= 4 is 45.3 Å². The molecule has 24 heavy (non-hydrogen) atoms. The fraction of sp³-hybridized carbons (Fsp3) is 0.667. The Labute approximate surface area is 146 Å². The Morgan fingerprint density at radius 2 is 1.12 bits per heavy atom. The van der Waals surface area contributed by atoms with Crippen LogP contribution in [-0.4, -0.2) is 69.6 Å². The second-order valence-electron chi connectivity index (χ2n) is 4.95. The molecular weight excluding hydrogens is 360 g/mol. The molecular formula is C12H22N4O6S2. The first kappa shape index (κ1) is 22.5. The van der Waals surface area contributed by atoms with E-state index in [1.165, 1.54) is 13.8 Å². The van der Waals surface area contributed by atoms with E-state index < -0.39 is 47.9 Å². The molecule has 0 aromatic heterocycles. The normalized spacial score (nSPS) is 15.7. The SMILES string of the molecule is C[C@H](N)C(=O)N[C@@H](CSSC[C@H](NC(=O)[C@H](C)N)C(=O)O)C(=O)O. The van der Waals surface area contributed by atoms with Gasteiger partial charge in [0.15, 0.2) is 0 Å². The molecule has 12 heteroatoms. The van der Waals surface area contributed by atoms with Crippen molar-refractivity contribution in [2.24, 2.45) is 11.5 Å². The van der Waals surface area contributed by atoms with E-state index in [0.717, 1.165) is 21.6 Å². The zero-order valence-electron chi connectivity index (χ0n) is 13.2. The molecule has 0 bridgehead atoms. The summed E-state index contributed by atoms with van der Waals surface area (Å²) < 4.78 is 0. The molecule has 0 fully saturated rings. The number of aliphatic carboxylic acids is 2. The maximum absolute atomic E-state index is 11.4. The molecule has 0 aromatic rings. The molecule has 0 rings (SSSR count). The summed E-state index contributed by atoms with van der Waals surface area (Å²) in [6.45, 7) is 2.85. The van der Waals surface area contributed by atoms with Gasteiger partial charge >= 0.3 is 11.9 Å². The van der Waals surface area contributed by atoms with Crippen molar-refractivity contribution in [3.63, 3.8) is 0 Å². The van der Waals surface area contributed by atoms with Crippen LogP contribution in [0.25, 0.3) is 0 Å². The van der Waals surface area contributed by atoms with E-state index in [-0.39, 0.29) is 11.5 Å². The number of hydrogen-bond acceptors (Lipinski definition) is 8. The molecule has 0 aliphatic carbocycles. The predicted octanol–water partition coefficient (Wildman–Crippen LogP) is -1.80. The van der Waals surface area contributed by atoms with E-state index in [4.69, 9.17) is 21.7 Å². The summed E-state index contributed by atoms with van der Waals surface area (Å²) in [7, 11) is 2.12. The lowest BCUT2D eigenvalue weighted by atomic mass is 10.3. The molecule has 0 heterocycles. The van der Waals surface area contributed by atoms with E-state index in [9.17, 15) is 19.2 Å². The predicted molar refractivity (Wildman–Crippen MR) is 91.3 cm³/mol. The number of carboxylic acids is 2. The Morgan fingerprint density at radius 1 is 0.833 bits per heavy atom. The summed E-state index contributed by atoms with van der Waals surface area (Å²) in [6, 6.07) is -3.98. The molecule has 0 saturated carbocycles. The molecule has 10 nitrogen and oxygen atoms in total. The quantitative estimate of drug-likeness (QED) is 0.176. The minimum absolute atomic E-state index is 0.00599. The minimum Gasteiger partial charge on any atom is -0.480 e. The van der Waals surface area contributed by atoms with Crippen molar-refractivity contribution in [3.8, 4) is 0 Å². The summed E-state index contributed by atoms with van der Waals surface area (Å²) in [5.41, 5.74) is 10.7. The molecule has 2 amide bonds. The monoisotopic (exact) mass is 382 g/mol. The van der Waals surface area contributed by atoms with Gasteiger partial charge in [-0.2, -0.15) is 0 Å². The third-order valence-electron chi connectivity index (χ3n) is 2.61. The van der Waals surface area contributed by atoms with Crippen molar-refractivity contribution < 1.29 is 29.4 Å². The van der Waals surface area contributed by atoms with Crippen molar-refractivity contribution in [2.75, 3.05) is 11.5 Å². The third-order valence-corrected chi connectivity index (χ3v) is 5.03. The number of nitrogens with two attached hydrogens (primary N) is 2. The Balaban J connectivity index is 4.39. The molecule has 0 spiro atoms. The molecule has 0 unspecified atom stereocenters. The van der Waals surface area contributed by atoms with E-state index >= 15 is 0 Å². The van der Waals surface area contributed by atoms with Gasteiger partial charge in [0, 0.05) is 11.5 Å². The third kappa shape index (κ3) is 8.96. The molecule has 0 aliphatic heterocycles. The zero-order chi connectivity index (χ0) is 18.9. The molecule has 0 aliphatic rings. The maximum Gasteiger partial charge on any atom is 0.327 e. The van der Waals surface area contributed by atoms with E-state index in [1.54, 1.807) is 0 Å². The highest BCUT2D eigenvalue weighted by molar-refractivity contribution is 8.76. The number of nitrogens with one attached hydrogen (secondary N) is 2. The molecule has 0 saturated heterocycles. The van der Waals surface area contributed by atoms with Gasteiger partial charge in [-0.1, -0.05) is 21.6 Å². The van der Waals surface area contributed by atoms with Gasteiger partial charge in [-0.25, -0.2) is 9.59 Å². The number of carbonyl (C=O) groups is 4. The van der Waals surface area contributed by atoms with Crippen molar-refractivity contribution in [1.29, 1.82) is 0 Å². The Hall–Kier alpha value is -1.50. The van der Waals surface area contributed by atoms with Crippen LogP contribution in [0.2, 0.25) is 0 Å². The number of rotatable bonds is 11. The van der Waals surface area contributed by atoms with Crippen LogP contribution >= 0.6 is 21.6 Å². The van der Waals surface area contributed by atoms with Gasteiger partial charge in [-0.3, -0.25) is 9.59 Å². The minimum atomic E-state index is -1.22. The fourth-order valence-corrected chi connectivity index (χ4v) is 3.50. The highest BCUT2D eigenvalue weighted by atomic mass is 33.1. The first-order valence-corrected chi connectivity index (χ1v) is 9.37. The summed E-state index contributed by atoms with van der Waals surface area (Å²) in [6.07, 6.45) is 0. The van der Waals surface area contributed by atoms with Crippen LogP contribution in [0.4, 0.5) is 0 Å². The number of carbonyl (C=O) groups excluding carboxylic acids is 2. The van der Waals surface area contributed by atoms with Gasteiger partial charge in [0.05, 0.1) is 12.1 Å². The van der Waals surface area contributed by atoms with Gasteiger partial charge in [-0.15, -0.1) is 0 Å². The zero-order valence-corrected chi connectivity index (χ0v) is 14.9. The summed E-state index contributed by atoms with van der Waals surface area (Å²) >= 11 is 0. The molecule has 0 aromatic carbocycles. The van der Waals surface area contributed by atoms with Crippen LogP contribution in [-0.2, 0) is 19.2 Å². The average Bonchev–Trinajstić information content (AvgIpc) is 2.47. The second-order valence-corrected chi connectivity index (χ2v) is 7.50. The maximum atomic E-state index is 11.4. The Bertz CT molecular complexity index is 432. The fourth-order valence-electron chi connectivity index (χ4n) is 1.19. The summed E-state index contributed by atoms with van der Waals surface area (Å²) in [4.78, 5) is 45.0. The summed E-state index contributed by atoms with van der Waals surface area (Å²) in [5, 5.41) is 22.6. The molecule has 8 N–H and O–H groups in total. The van der Waals surface area contributed by atoms with E-state index in [2.05, 4.69) is 10.6 Å². The van der Waals surface area contributed by atoms with Gasteiger partial charge < -0.3 is 32.3 Å². The summed E-state index contributed by atoms with van der Waals surface area (Å²) in [5.74, 6) is -3.63. The topological polar surface area (TPSA) is 185 Å². The molecule has 4 atom stereocenters. The number of hydrogen-bond donors (Lipinski definition) is 6. The van der Waals surface area contributed by atoms with Crippen LogP contribution in [0.3, 0.4) is 0 Å². The largest absolute Gasteiger partial charge is 0.480 e. The van der Waals surface area contributed by atoms with Crippen LogP contribution in [0.15, 0.2) is 0 Å². The van der Waals surface area contributed by atoms with E-state index in [1.807, 2.05) is 0 Å². The van der Waals surface area contributed by atoms with Gasteiger partial charge in [0.1, 0.15) is 12.1 Å². The van der Waals surface area contributed by atoms with Gasteiger partial charge in [0.25, 0.3) is 0 Å². The molecule has 0 radical (unpaired) electrons. The van der Waals surface area contributed by atoms with Crippen LogP contribution in [0, 0.1) is 0 Å². The van der Waals surface area contributed by atoms with Crippen LogP contribution in [0.5, 0.6) is 0 Å². The van der Waals surface area contributed by atoms with Crippen molar-refractivity contribution in [2.45, 2.75) is 38.0 Å². The second kappa shape index (κ2) is 11.1. The smallest absolute Gasteiger partial charge is 0.327 e. The Morgan fingerprint density at radius 3 is 1.33 bits per heavy atom. The lowest BCUT2D eigenvalue weighted by molar-refractivity contribution is -0.141. The van der Waals surface area contributed by atoms with E-state index in [0.29, 0.717) is 0 Å². The standard InChI is InChI=1S/C12H22N4O6S2/c1-5(13)9(17)15-7(11(19)20)3-23-24-4-8(12(21)22)16-10(18)6(2)14/h5-8H,3-4,13-14H2,1-2H3,(H,15,17)(H,16,18)(H,19,20)(H,21,22)/t5-,6-,7-,8-/m0/s1. The lowest BCUT2D eigenvalue weighted by Crippen LogP contribution is -2.49. The Kier molecular flexibility index (Phi) is 10.4. The van der Waals surface area contributed by atoms with Crippen molar-refractivity contribution in [3.05, 3.63) is 0 Å². The van der Waals surface area contributed by atoms with Crippen LogP contribution in [0.1, 0.15) is 13.8 Å². The lowest BCUT2D eigenvalue weighted by Gasteiger charge is -2.17. The first-order valence-electron chi connectivity index (χ1n) is 6.88. The van der Waals surface area contributed by atoms with Crippen LogP contribution < -0.4 is 22.1 Å².